The molecule has 0 aliphatic rings. The highest BCUT2D eigenvalue weighted by atomic mass is 35.5. The van der Waals surface area contributed by atoms with E-state index in [1.54, 1.807) is 13.0 Å². The van der Waals surface area contributed by atoms with Gasteiger partial charge in [0.25, 0.3) is 0 Å². The maximum Gasteiger partial charge on any atom is 0.180 e. The van der Waals surface area contributed by atoms with Crippen LogP contribution in [0.25, 0.3) is 0 Å². The van der Waals surface area contributed by atoms with Crippen molar-refractivity contribution in [3.8, 4) is 0 Å². The fourth-order valence-corrected chi connectivity index (χ4v) is 2.45. The summed E-state index contributed by atoms with van der Waals surface area (Å²) in [6.07, 6.45) is 1.33. The molecule has 3 nitrogen and oxygen atoms in total. The average Bonchev–Trinajstić information content (AvgIpc) is 2.51. The zero-order valence-corrected chi connectivity index (χ0v) is 13.5. The van der Waals surface area contributed by atoms with E-state index in [-0.39, 0.29) is 0 Å². The van der Waals surface area contributed by atoms with Gasteiger partial charge in [0.2, 0.25) is 0 Å². The van der Waals surface area contributed by atoms with E-state index >= 15 is 0 Å². The molecule has 0 spiro atoms. The van der Waals surface area contributed by atoms with Crippen LogP contribution >= 0.6 is 23.4 Å². The van der Waals surface area contributed by atoms with E-state index in [2.05, 4.69) is 10.2 Å². The number of nitrogens with two attached hydrogens (primary N) is 1. The molecule has 0 heterocycles. The number of thioether (sulfide) groups is 1. The van der Waals surface area contributed by atoms with E-state index in [1.807, 2.05) is 30.3 Å². The van der Waals surface area contributed by atoms with Gasteiger partial charge in [0.1, 0.15) is 5.82 Å². The van der Waals surface area contributed by atoms with E-state index in [1.165, 1.54) is 24.0 Å². The second kappa shape index (κ2) is 7.96. The van der Waals surface area contributed by atoms with Crippen molar-refractivity contribution in [2.75, 3.05) is 0 Å². The van der Waals surface area contributed by atoms with Crippen molar-refractivity contribution < 1.29 is 4.39 Å². The van der Waals surface area contributed by atoms with Gasteiger partial charge >= 0.3 is 0 Å². The minimum absolute atomic E-state index is 0.325. The fraction of sp³-hybridized carbons (Fsp3) is 0.125. The van der Waals surface area contributed by atoms with Gasteiger partial charge in [0.05, 0.1) is 6.21 Å². The van der Waals surface area contributed by atoms with E-state index in [0.717, 1.165) is 11.1 Å². The zero-order valence-electron chi connectivity index (χ0n) is 12.0. The normalized spacial score (nSPS) is 12.0. The maximum absolute atomic E-state index is 13.7. The first kappa shape index (κ1) is 16.5. The summed E-state index contributed by atoms with van der Waals surface area (Å²) in [7, 11) is 0. The molecule has 2 aromatic rings. The van der Waals surface area contributed by atoms with Gasteiger partial charge in [-0.3, -0.25) is 0 Å². The van der Waals surface area contributed by atoms with E-state index < -0.39 is 5.82 Å². The van der Waals surface area contributed by atoms with Crippen LogP contribution in [0.15, 0.2) is 52.7 Å². The Morgan fingerprint density at radius 3 is 2.77 bits per heavy atom. The van der Waals surface area contributed by atoms with Gasteiger partial charge in [0.15, 0.2) is 5.17 Å². The highest BCUT2D eigenvalue weighted by molar-refractivity contribution is 8.13. The molecule has 22 heavy (non-hydrogen) atoms. The van der Waals surface area contributed by atoms with Crippen molar-refractivity contribution in [2.45, 2.75) is 12.7 Å². The second-order valence-electron chi connectivity index (χ2n) is 4.58. The Hall–Kier alpha value is -1.85. The van der Waals surface area contributed by atoms with Crippen molar-refractivity contribution in [1.82, 2.24) is 0 Å². The third kappa shape index (κ3) is 4.86. The molecule has 0 aromatic heterocycles. The number of aryl methyl sites for hydroxylation is 1. The predicted octanol–water partition coefficient (Wildman–Crippen LogP) is 4.37. The number of halogens is 2. The van der Waals surface area contributed by atoms with E-state index in [4.69, 9.17) is 17.3 Å². The van der Waals surface area contributed by atoms with Crippen LogP contribution in [-0.2, 0) is 5.75 Å². The summed E-state index contributed by atoms with van der Waals surface area (Å²) in [5.41, 5.74) is 8.01. The summed E-state index contributed by atoms with van der Waals surface area (Å²) in [6, 6.07) is 12.8. The van der Waals surface area contributed by atoms with Gasteiger partial charge in [-0.1, -0.05) is 53.7 Å². The molecule has 114 valence electrons. The lowest BCUT2D eigenvalue weighted by atomic mass is 10.1. The Morgan fingerprint density at radius 2 is 2.05 bits per heavy atom. The first-order chi connectivity index (χ1) is 10.6. The average molecular weight is 336 g/mol. The summed E-state index contributed by atoms with van der Waals surface area (Å²) in [4.78, 5) is 0. The van der Waals surface area contributed by atoms with Crippen LogP contribution in [0.3, 0.4) is 0 Å². The van der Waals surface area contributed by atoms with E-state index in [9.17, 15) is 4.39 Å². The van der Waals surface area contributed by atoms with Crippen LogP contribution in [0.5, 0.6) is 0 Å². The first-order valence-electron chi connectivity index (χ1n) is 6.55. The summed E-state index contributed by atoms with van der Waals surface area (Å²) in [5, 5.41) is 8.38. The van der Waals surface area contributed by atoms with Gasteiger partial charge in [-0.05, 0) is 30.2 Å². The SMILES string of the molecule is Cc1cc(C=NN=C(N)SCc2ccccc2)c(F)cc1Cl. The molecule has 0 amide bonds. The molecular formula is C16H15ClFN3S. The molecule has 2 aromatic carbocycles. The highest BCUT2D eigenvalue weighted by Crippen LogP contribution is 2.19. The second-order valence-corrected chi connectivity index (χ2v) is 5.98. The predicted molar refractivity (Wildman–Crippen MR) is 93.1 cm³/mol. The highest BCUT2D eigenvalue weighted by Gasteiger charge is 2.03. The molecule has 0 aliphatic carbocycles. The van der Waals surface area contributed by atoms with Gasteiger partial charge in [-0.15, -0.1) is 5.10 Å². The third-order valence-corrected chi connectivity index (χ3v) is 4.12. The van der Waals surface area contributed by atoms with Gasteiger partial charge < -0.3 is 5.73 Å². The van der Waals surface area contributed by atoms with E-state index in [0.29, 0.717) is 21.5 Å². The molecule has 0 fully saturated rings. The van der Waals surface area contributed by atoms with Crippen molar-refractivity contribution >= 4 is 34.7 Å². The summed E-state index contributed by atoms with van der Waals surface area (Å²) in [6.45, 7) is 1.80. The van der Waals surface area contributed by atoms with Gasteiger partial charge in [-0.25, -0.2) is 4.39 Å². The molecular weight excluding hydrogens is 321 g/mol. The molecule has 0 unspecified atom stereocenters. The van der Waals surface area contributed by atoms with Crippen molar-refractivity contribution in [1.29, 1.82) is 0 Å². The molecule has 0 bridgehead atoms. The Balaban J connectivity index is 1.97. The summed E-state index contributed by atoms with van der Waals surface area (Å²) in [5.74, 6) is 0.269. The molecule has 2 N–H and O–H groups in total. The minimum Gasteiger partial charge on any atom is -0.377 e. The number of amidine groups is 1. The fourth-order valence-electron chi connectivity index (χ4n) is 1.69. The maximum atomic E-state index is 13.7. The number of benzene rings is 2. The molecule has 2 rings (SSSR count). The molecule has 0 saturated carbocycles. The lowest BCUT2D eigenvalue weighted by molar-refractivity contribution is 0.625. The minimum atomic E-state index is -0.440. The number of hydrogen-bond donors (Lipinski definition) is 1. The first-order valence-corrected chi connectivity index (χ1v) is 7.91. The van der Waals surface area contributed by atoms with Crippen molar-refractivity contribution in [2.24, 2.45) is 15.9 Å². The Kier molecular flexibility index (Phi) is 5.98. The third-order valence-electron chi connectivity index (χ3n) is 2.86. The van der Waals surface area contributed by atoms with Crippen LogP contribution < -0.4 is 5.73 Å². The number of rotatable bonds is 4. The van der Waals surface area contributed by atoms with Crippen LogP contribution in [0.2, 0.25) is 5.02 Å². The van der Waals surface area contributed by atoms with Crippen molar-refractivity contribution in [3.63, 3.8) is 0 Å². The zero-order chi connectivity index (χ0) is 15.9. The molecule has 0 aliphatic heterocycles. The monoisotopic (exact) mass is 335 g/mol. The molecule has 0 atom stereocenters. The van der Waals surface area contributed by atoms with Crippen LogP contribution in [-0.4, -0.2) is 11.4 Å². The lowest BCUT2D eigenvalue weighted by Crippen LogP contribution is -2.06. The van der Waals surface area contributed by atoms with Crippen LogP contribution in [0.4, 0.5) is 4.39 Å². The quantitative estimate of drug-likeness (QED) is 0.512. The van der Waals surface area contributed by atoms with Crippen LogP contribution in [0, 0.1) is 12.7 Å². The van der Waals surface area contributed by atoms with Gasteiger partial charge in [0, 0.05) is 16.3 Å². The smallest absolute Gasteiger partial charge is 0.180 e. The standard InChI is InChI=1S/C16H15ClFN3S/c1-11-7-13(15(18)8-14(11)17)9-20-21-16(19)22-10-12-5-3-2-4-6-12/h2-9H,10H2,1H3,(H2,19,21). The largest absolute Gasteiger partial charge is 0.377 e. The molecule has 6 heteroatoms. The summed E-state index contributed by atoms with van der Waals surface area (Å²) < 4.78 is 13.7. The Bertz CT molecular complexity index is 702. The Labute approximate surface area is 138 Å². The summed E-state index contributed by atoms with van der Waals surface area (Å²) >= 11 is 7.21. The molecule has 0 saturated heterocycles. The Morgan fingerprint density at radius 1 is 1.32 bits per heavy atom. The number of nitrogens with zero attached hydrogens (tertiary/aromatic N) is 2. The van der Waals surface area contributed by atoms with Gasteiger partial charge in [-0.2, -0.15) is 5.10 Å². The topological polar surface area (TPSA) is 50.7 Å². The van der Waals surface area contributed by atoms with Crippen molar-refractivity contribution in [3.05, 3.63) is 70.0 Å². The molecule has 0 radical (unpaired) electrons. The van der Waals surface area contributed by atoms with Crippen LogP contribution in [0.1, 0.15) is 16.7 Å². The number of hydrogen-bond acceptors (Lipinski definition) is 3. The lowest BCUT2D eigenvalue weighted by Gasteiger charge is -2.01.